The zero-order chi connectivity index (χ0) is 21.2. The Balaban J connectivity index is 1.87. The zero-order valence-electron chi connectivity index (χ0n) is 18.1. The Kier molecular flexibility index (Phi) is 6.88. The van der Waals surface area contributed by atoms with E-state index in [1.807, 2.05) is 13.0 Å². The van der Waals surface area contributed by atoms with Gasteiger partial charge in [-0.25, -0.2) is 4.79 Å². The summed E-state index contributed by atoms with van der Waals surface area (Å²) in [4.78, 5) is 12.3. The number of rotatable bonds is 8. The fourth-order valence-corrected chi connectivity index (χ4v) is 6.18. The molecule has 0 aromatic rings. The highest BCUT2D eigenvalue weighted by Gasteiger charge is 2.57. The van der Waals surface area contributed by atoms with Crippen LogP contribution < -0.4 is 5.32 Å². The lowest BCUT2D eigenvalue weighted by atomic mass is 9.46. The first-order chi connectivity index (χ1) is 13.8. The summed E-state index contributed by atoms with van der Waals surface area (Å²) < 4.78 is 10.4. The first-order valence-electron chi connectivity index (χ1n) is 10.8. The van der Waals surface area contributed by atoms with Gasteiger partial charge >= 0.3 is 5.97 Å². The van der Waals surface area contributed by atoms with Crippen LogP contribution in [0.25, 0.3) is 0 Å². The Morgan fingerprint density at radius 3 is 2.79 bits per heavy atom. The molecule has 3 aliphatic rings. The molecule has 1 heterocycles. The molecule has 0 bridgehead atoms. The molecular formula is C23H37NO5. The molecule has 0 spiro atoms. The molecule has 2 saturated carbocycles. The van der Waals surface area contributed by atoms with Gasteiger partial charge in [0.15, 0.2) is 0 Å². The van der Waals surface area contributed by atoms with Crippen LogP contribution in [-0.2, 0) is 14.3 Å². The molecule has 6 heteroatoms. The van der Waals surface area contributed by atoms with Crippen LogP contribution in [-0.4, -0.2) is 61.8 Å². The normalized spacial score (nSPS) is 38.4. The highest BCUT2D eigenvalue weighted by molar-refractivity contribution is 5.91. The summed E-state index contributed by atoms with van der Waals surface area (Å²) in [5.74, 6) is 0.166. The van der Waals surface area contributed by atoms with E-state index in [4.69, 9.17) is 9.47 Å². The minimum Gasteiger partial charge on any atom is -0.458 e. The first kappa shape index (κ1) is 22.5. The van der Waals surface area contributed by atoms with E-state index in [0.717, 1.165) is 25.7 Å². The predicted molar refractivity (Wildman–Crippen MR) is 111 cm³/mol. The van der Waals surface area contributed by atoms with Gasteiger partial charge in [0, 0.05) is 25.1 Å². The lowest BCUT2D eigenvalue weighted by Crippen LogP contribution is -2.58. The van der Waals surface area contributed by atoms with E-state index in [1.54, 1.807) is 7.11 Å². The zero-order valence-corrected chi connectivity index (χ0v) is 18.1. The second kappa shape index (κ2) is 8.88. The number of methoxy groups -OCH3 is 1. The van der Waals surface area contributed by atoms with E-state index in [-0.39, 0.29) is 35.9 Å². The SMILES string of the molecule is C=C1CCC2[C@](C)(CO)[C@H](O)CC[C@@]2(C)[C@@H]1CC(NCCOC)C1=CCOC1=O. The molecule has 0 aromatic carbocycles. The van der Waals surface area contributed by atoms with Gasteiger partial charge in [0.2, 0.25) is 0 Å². The highest BCUT2D eigenvalue weighted by Crippen LogP contribution is 2.61. The second-order valence-corrected chi connectivity index (χ2v) is 9.52. The Labute approximate surface area is 174 Å². The third-order valence-electron chi connectivity index (χ3n) is 7.99. The fourth-order valence-electron chi connectivity index (χ4n) is 6.18. The fraction of sp³-hybridized carbons (Fsp3) is 0.783. The van der Waals surface area contributed by atoms with Crippen LogP contribution in [0.15, 0.2) is 23.8 Å². The molecule has 29 heavy (non-hydrogen) atoms. The molecule has 2 aliphatic carbocycles. The molecule has 0 saturated heterocycles. The maximum absolute atomic E-state index is 12.3. The van der Waals surface area contributed by atoms with Crippen molar-refractivity contribution in [1.29, 1.82) is 0 Å². The number of aliphatic hydroxyl groups excluding tert-OH is 2. The molecule has 0 aromatic heterocycles. The van der Waals surface area contributed by atoms with Gasteiger partial charge < -0.3 is 25.0 Å². The Bertz CT molecular complexity index is 662. The van der Waals surface area contributed by atoms with E-state index in [1.165, 1.54) is 5.57 Å². The summed E-state index contributed by atoms with van der Waals surface area (Å²) in [6.45, 7) is 10.3. The second-order valence-electron chi connectivity index (χ2n) is 9.52. The van der Waals surface area contributed by atoms with Crippen molar-refractivity contribution >= 4 is 5.97 Å². The number of fused-ring (bicyclic) bond motifs is 1. The molecule has 6 atom stereocenters. The third kappa shape index (κ3) is 4.05. The molecule has 6 nitrogen and oxygen atoms in total. The number of carbonyl (C=O) groups excluding carboxylic acids is 1. The van der Waals surface area contributed by atoms with E-state index in [9.17, 15) is 15.0 Å². The quantitative estimate of drug-likeness (QED) is 0.325. The van der Waals surface area contributed by atoms with Gasteiger partial charge in [-0.05, 0) is 55.4 Å². The van der Waals surface area contributed by atoms with Gasteiger partial charge in [0.1, 0.15) is 6.61 Å². The Hall–Kier alpha value is -1.21. The van der Waals surface area contributed by atoms with Crippen LogP contribution in [0, 0.1) is 22.7 Å². The number of aliphatic hydroxyl groups is 2. The van der Waals surface area contributed by atoms with Crippen molar-refractivity contribution in [1.82, 2.24) is 5.32 Å². The molecule has 164 valence electrons. The first-order valence-corrected chi connectivity index (χ1v) is 10.8. The maximum atomic E-state index is 12.3. The van der Waals surface area contributed by atoms with E-state index in [2.05, 4.69) is 18.8 Å². The van der Waals surface area contributed by atoms with Crippen molar-refractivity contribution in [2.45, 2.75) is 58.1 Å². The van der Waals surface area contributed by atoms with Crippen LogP contribution in [0.3, 0.4) is 0 Å². The van der Waals surface area contributed by atoms with Crippen LogP contribution in [0.4, 0.5) is 0 Å². The lowest BCUT2D eigenvalue weighted by molar-refractivity contribution is -0.153. The average molecular weight is 408 g/mol. The van der Waals surface area contributed by atoms with E-state index < -0.39 is 11.5 Å². The van der Waals surface area contributed by atoms with Crippen LogP contribution in [0.5, 0.6) is 0 Å². The average Bonchev–Trinajstić information content (AvgIpc) is 3.12. The number of hydrogen-bond acceptors (Lipinski definition) is 6. The lowest BCUT2D eigenvalue weighted by Gasteiger charge is -2.60. The third-order valence-corrected chi connectivity index (χ3v) is 7.99. The van der Waals surface area contributed by atoms with Crippen LogP contribution >= 0.6 is 0 Å². The van der Waals surface area contributed by atoms with E-state index >= 15 is 0 Å². The van der Waals surface area contributed by atoms with Crippen LogP contribution in [0.1, 0.15) is 46.0 Å². The Morgan fingerprint density at radius 2 is 2.17 bits per heavy atom. The van der Waals surface area contributed by atoms with Gasteiger partial charge in [-0.1, -0.05) is 26.0 Å². The highest BCUT2D eigenvalue weighted by atomic mass is 16.5. The largest absolute Gasteiger partial charge is 0.458 e. The molecular weight excluding hydrogens is 370 g/mol. The van der Waals surface area contributed by atoms with Gasteiger partial charge in [-0.3, -0.25) is 0 Å². The summed E-state index contributed by atoms with van der Waals surface area (Å²) in [7, 11) is 1.66. The molecule has 1 aliphatic heterocycles. The van der Waals surface area contributed by atoms with Crippen molar-refractivity contribution in [2.75, 3.05) is 33.5 Å². The number of cyclic esters (lactones) is 1. The molecule has 3 rings (SSSR count). The van der Waals surface area contributed by atoms with Crippen molar-refractivity contribution in [2.24, 2.45) is 22.7 Å². The Morgan fingerprint density at radius 1 is 1.41 bits per heavy atom. The van der Waals surface area contributed by atoms with Gasteiger partial charge in [0.25, 0.3) is 0 Å². The smallest absolute Gasteiger partial charge is 0.335 e. The van der Waals surface area contributed by atoms with Gasteiger partial charge in [-0.2, -0.15) is 0 Å². The summed E-state index contributed by atoms with van der Waals surface area (Å²) in [5.41, 5.74) is 1.33. The van der Waals surface area contributed by atoms with Crippen molar-refractivity contribution in [3.05, 3.63) is 23.8 Å². The van der Waals surface area contributed by atoms with Gasteiger partial charge in [-0.15, -0.1) is 0 Å². The number of allylic oxidation sites excluding steroid dienone is 1. The minimum atomic E-state index is -0.503. The summed E-state index contributed by atoms with van der Waals surface area (Å²) in [6.07, 6.45) is 5.55. The molecule has 2 fully saturated rings. The number of nitrogens with one attached hydrogen (secondary N) is 1. The molecule has 2 unspecified atom stereocenters. The van der Waals surface area contributed by atoms with Crippen molar-refractivity contribution in [3.63, 3.8) is 0 Å². The minimum absolute atomic E-state index is 0.0133. The topological polar surface area (TPSA) is 88.0 Å². The van der Waals surface area contributed by atoms with Crippen molar-refractivity contribution in [3.8, 4) is 0 Å². The number of ether oxygens (including phenoxy) is 2. The monoisotopic (exact) mass is 407 g/mol. The summed E-state index contributed by atoms with van der Waals surface area (Å²) in [6, 6.07) is -0.121. The van der Waals surface area contributed by atoms with Crippen LogP contribution in [0.2, 0.25) is 0 Å². The molecule has 0 amide bonds. The number of esters is 1. The maximum Gasteiger partial charge on any atom is 0.335 e. The predicted octanol–water partition coefficient (Wildman–Crippen LogP) is 2.21. The molecule has 0 radical (unpaired) electrons. The van der Waals surface area contributed by atoms with Gasteiger partial charge in [0.05, 0.1) is 24.9 Å². The summed E-state index contributed by atoms with van der Waals surface area (Å²) >= 11 is 0. The summed E-state index contributed by atoms with van der Waals surface area (Å²) in [5, 5.41) is 24.4. The number of carbonyl (C=O) groups is 1. The number of hydrogen-bond donors (Lipinski definition) is 3. The standard InChI is InChI=1S/C23H37NO5/c1-15-5-6-19-22(2,9-7-20(26)23(19,3)14-25)17(15)13-18(24-10-12-28-4)16-8-11-29-21(16)27/h8,17-20,24-26H,1,5-7,9-14H2,2-4H3/t17-,18?,19?,20-,22+,23+/m1/s1. The molecule has 3 N–H and O–H groups in total. The van der Waals surface area contributed by atoms with Crippen molar-refractivity contribution < 1.29 is 24.5 Å². The van der Waals surface area contributed by atoms with E-state index in [0.29, 0.717) is 31.8 Å².